The van der Waals surface area contributed by atoms with Gasteiger partial charge in [-0.1, -0.05) is 32.9 Å². The van der Waals surface area contributed by atoms with Gasteiger partial charge in [0, 0.05) is 25.1 Å². The van der Waals surface area contributed by atoms with Crippen LogP contribution >= 0.6 is 0 Å². The van der Waals surface area contributed by atoms with Gasteiger partial charge in [-0.15, -0.1) is 0 Å². The van der Waals surface area contributed by atoms with Crippen LogP contribution in [-0.2, 0) is 9.59 Å². The molecule has 1 aromatic rings. The van der Waals surface area contributed by atoms with Gasteiger partial charge in [-0.2, -0.15) is 0 Å². The normalized spacial score (nSPS) is 18.6. The van der Waals surface area contributed by atoms with Crippen molar-refractivity contribution in [1.29, 1.82) is 0 Å². The Morgan fingerprint density at radius 3 is 2.76 bits per heavy atom. The number of likely N-dealkylation sites (tertiary alicyclic amines) is 1. The third-order valence-electron chi connectivity index (χ3n) is 4.44. The van der Waals surface area contributed by atoms with Crippen LogP contribution in [0.1, 0.15) is 52.1 Å². The Kier molecular flexibility index (Phi) is 6.99. The summed E-state index contributed by atoms with van der Waals surface area (Å²) in [5.74, 6) is 1.04. The minimum Gasteiger partial charge on any atom is -0.356 e. The van der Waals surface area contributed by atoms with Crippen molar-refractivity contribution in [2.75, 3.05) is 31.5 Å². The van der Waals surface area contributed by atoms with Gasteiger partial charge in [0.25, 0.3) is 0 Å². The smallest absolute Gasteiger partial charge is 0.240 e. The summed E-state index contributed by atoms with van der Waals surface area (Å²) in [7, 11) is 0. The molecule has 0 spiro atoms. The van der Waals surface area contributed by atoms with Crippen LogP contribution in [0.2, 0.25) is 0 Å². The lowest BCUT2D eigenvalue weighted by molar-refractivity contribution is -0.124. The quantitative estimate of drug-likeness (QED) is 0.787. The fourth-order valence-electron chi connectivity index (χ4n) is 2.91. The molecule has 2 amide bonds. The van der Waals surface area contributed by atoms with E-state index >= 15 is 0 Å². The number of amides is 2. The molecule has 1 atom stereocenters. The van der Waals surface area contributed by atoms with Crippen LogP contribution in [0.25, 0.3) is 0 Å². The van der Waals surface area contributed by atoms with Gasteiger partial charge in [0.1, 0.15) is 0 Å². The molecule has 0 radical (unpaired) electrons. The monoisotopic (exact) mass is 350 g/mol. The Morgan fingerprint density at radius 2 is 2.12 bits per heavy atom. The van der Waals surface area contributed by atoms with Crippen LogP contribution in [0.3, 0.4) is 0 Å². The summed E-state index contributed by atoms with van der Waals surface area (Å²) >= 11 is 0. The van der Waals surface area contributed by atoms with E-state index in [1.54, 1.807) is 6.07 Å². The number of nitrogens with one attached hydrogen (secondary N) is 2. The van der Waals surface area contributed by atoms with E-state index < -0.39 is 0 Å². The van der Waals surface area contributed by atoms with Gasteiger partial charge < -0.3 is 9.84 Å². The van der Waals surface area contributed by atoms with Gasteiger partial charge in [0.2, 0.25) is 17.7 Å². The highest BCUT2D eigenvalue weighted by molar-refractivity contribution is 5.91. The summed E-state index contributed by atoms with van der Waals surface area (Å²) in [4.78, 5) is 26.0. The van der Waals surface area contributed by atoms with Crippen molar-refractivity contribution in [2.24, 2.45) is 11.8 Å². The zero-order valence-electron chi connectivity index (χ0n) is 15.7. The molecule has 2 N–H and O–H groups in total. The van der Waals surface area contributed by atoms with Crippen molar-refractivity contribution in [1.82, 2.24) is 15.4 Å². The minimum atomic E-state index is -0.0988. The van der Waals surface area contributed by atoms with Crippen molar-refractivity contribution in [3.63, 3.8) is 0 Å². The number of rotatable bonds is 7. The van der Waals surface area contributed by atoms with E-state index in [2.05, 4.69) is 20.7 Å². The number of hydrogen-bond acceptors (Lipinski definition) is 5. The minimum absolute atomic E-state index is 0.00288. The van der Waals surface area contributed by atoms with Crippen LogP contribution in [0.15, 0.2) is 10.6 Å². The highest BCUT2D eigenvalue weighted by atomic mass is 16.5. The fraction of sp³-hybridized carbons (Fsp3) is 0.722. The second-order valence-corrected chi connectivity index (χ2v) is 7.46. The average Bonchev–Trinajstić information content (AvgIpc) is 3.01. The van der Waals surface area contributed by atoms with Gasteiger partial charge in [-0.05, 0) is 31.2 Å². The maximum Gasteiger partial charge on any atom is 0.240 e. The number of anilines is 1. The van der Waals surface area contributed by atoms with Crippen molar-refractivity contribution in [2.45, 2.75) is 46.5 Å². The van der Waals surface area contributed by atoms with Gasteiger partial charge in [0.05, 0.1) is 12.2 Å². The molecule has 7 heteroatoms. The summed E-state index contributed by atoms with van der Waals surface area (Å²) in [6.45, 7) is 10.5. The predicted octanol–water partition coefficient (Wildman–Crippen LogP) is 2.22. The maximum absolute atomic E-state index is 12.2. The van der Waals surface area contributed by atoms with Gasteiger partial charge in [-0.3, -0.25) is 19.8 Å². The molecule has 140 valence electrons. The fourth-order valence-corrected chi connectivity index (χ4v) is 2.91. The molecule has 0 aromatic carbocycles. The van der Waals surface area contributed by atoms with Crippen LogP contribution in [0, 0.1) is 11.8 Å². The van der Waals surface area contributed by atoms with Crippen LogP contribution in [0.5, 0.6) is 0 Å². The van der Waals surface area contributed by atoms with E-state index in [9.17, 15) is 9.59 Å². The third-order valence-corrected chi connectivity index (χ3v) is 4.44. The lowest BCUT2D eigenvalue weighted by atomic mass is 9.97. The van der Waals surface area contributed by atoms with Gasteiger partial charge >= 0.3 is 0 Å². The lowest BCUT2D eigenvalue weighted by Gasteiger charge is -2.32. The first-order chi connectivity index (χ1) is 11.8. The Bertz CT molecular complexity index is 583. The number of aromatic nitrogens is 1. The first-order valence-corrected chi connectivity index (χ1v) is 9.11. The molecule has 1 aliphatic rings. The molecule has 1 aliphatic heterocycles. The molecule has 0 bridgehead atoms. The molecule has 7 nitrogen and oxygen atoms in total. The third kappa shape index (κ3) is 6.16. The van der Waals surface area contributed by atoms with E-state index in [1.165, 1.54) is 0 Å². The summed E-state index contributed by atoms with van der Waals surface area (Å²) in [5, 5.41) is 9.69. The first kappa shape index (κ1) is 19.4. The summed E-state index contributed by atoms with van der Waals surface area (Å²) in [6, 6.07) is 1.77. The summed E-state index contributed by atoms with van der Waals surface area (Å²) < 4.78 is 5.15. The molecule has 2 rings (SSSR count). The molecule has 1 fully saturated rings. The van der Waals surface area contributed by atoms with Crippen molar-refractivity contribution in [3.8, 4) is 0 Å². The molecule has 0 aliphatic carbocycles. The first-order valence-electron chi connectivity index (χ1n) is 9.11. The topological polar surface area (TPSA) is 87.5 Å². The Hall–Kier alpha value is -1.89. The largest absolute Gasteiger partial charge is 0.356 e. The van der Waals surface area contributed by atoms with Crippen LogP contribution < -0.4 is 10.6 Å². The highest BCUT2D eigenvalue weighted by Gasteiger charge is 2.23. The Labute approximate surface area is 149 Å². The SMILES string of the molecule is CC(C)C(=O)NCC1CCCN(CC(=O)Nc2cc(C(C)C)no2)C1. The molecule has 1 unspecified atom stereocenters. The molecule has 1 aromatic heterocycles. The molecular weight excluding hydrogens is 320 g/mol. The predicted molar refractivity (Wildman–Crippen MR) is 96.2 cm³/mol. The number of hydrogen-bond donors (Lipinski definition) is 2. The van der Waals surface area contributed by atoms with Crippen LogP contribution in [0.4, 0.5) is 5.88 Å². The number of carbonyl (C=O) groups excluding carboxylic acids is 2. The lowest BCUT2D eigenvalue weighted by Crippen LogP contribution is -2.44. The van der Waals surface area contributed by atoms with E-state index in [-0.39, 0.29) is 23.7 Å². The van der Waals surface area contributed by atoms with Gasteiger partial charge in [0.15, 0.2) is 0 Å². The van der Waals surface area contributed by atoms with Crippen molar-refractivity contribution < 1.29 is 14.1 Å². The van der Waals surface area contributed by atoms with Gasteiger partial charge in [-0.25, -0.2) is 0 Å². The average molecular weight is 350 g/mol. The maximum atomic E-state index is 12.2. The van der Waals surface area contributed by atoms with E-state index in [4.69, 9.17) is 4.52 Å². The van der Waals surface area contributed by atoms with Crippen molar-refractivity contribution >= 4 is 17.7 Å². The number of piperidine rings is 1. The zero-order valence-corrected chi connectivity index (χ0v) is 15.7. The van der Waals surface area contributed by atoms with E-state index in [0.29, 0.717) is 24.9 Å². The standard InChI is InChI=1S/C18H30N4O3/c1-12(2)15-8-17(25-21-15)20-16(23)11-22-7-5-6-14(10-22)9-19-18(24)13(3)4/h8,12-14H,5-7,9-11H2,1-4H3,(H,19,24)(H,20,23). The Balaban J connectivity index is 1.77. The molecular formula is C18H30N4O3. The van der Waals surface area contributed by atoms with Crippen molar-refractivity contribution in [3.05, 3.63) is 11.8 Å². The summed E-state index contributed by atoms with van der Waals surface area (Å²) in [6.07, 6.45) is 2.12. The zero-order chi connectivity index (χ0) is 18.4. The van der Waals surface area contributed by atoms with Crippen LogP contribution in [-0.4, -0.2) is 48.0 Å². The second-order valence-electron chi connectivity index (χ2n) is 7.46. The molecule has 25 heavy (non-hydrogen) atoms. The summed E-state index contributed by atoms with van der Waals surface area (Å²) in [5.41, 5.74) is 0.828. The second kappa shape index (κ2) is 8.99. The van der Waals surface area contributed by atoms with E-state index in [1.807, 2.05) is 27.7 Å². The molecule has 1 saturated heterocycles. The number of nitrogens with zero attached hydrogens (tertiary/aromatic N) is 2. The number of carbonyl (C=O) groups is 2. The Morgan fingerprint density at radius 1 is 1.36 bits per heavy atom. The highest BCUT2D eigenvalue weighted by Crippen LogP contribution is 2.18. The van der Waals surface area contributed by atoms with E-state index in [0.717, 1.165) is 31.6 Å². The molecule has 2 heterocycles. The molecule has 0 saturated carbocycles.